The summed E-state index contributed by atoms with van der Waals surface area (Å²) >= 11 is 6.56. The van der Waals surface area contributed by atoms with Crippen molar-refractivity contribution in [3.8, 4) is 5.75 Å². The number of nitrogens with zero attached hydrogens (tertiary/aromatic N) is 1. The lowest BCUT2D eigenvalue weighted by atomic mass is 10.1. The average Bonchev–Trinajstić information content (AvgIpc) is 2.78. The number of nitrogens with one attached hydrogen (secondary N) is 1. The molecule has 1 aliphatic rings. The normalized spacial score (nSPS) is 13.9. The predicted molar refractivity (Wildman–Crippen MR) is 127 cm³/mol. The Hall–Kier alpha value is -2.65. The minimum atomic E-state index is 0.584. The van der Waals surface area contributed by atoms with E-state index in [1.54, 1.807) is 0 Å². The Bertz CT molecular complexity index is 965. The van der Waals surface area contributed by atoms with Crippen molar-refractivity contribution in [2.24, 2.45) is 0 Å². The van der Waals surface area contributed by atoms with E-state index in [0.717, 1.165) is 41.8 Å². The van der Waals surface area contributed by atoms with Crippen LogP contribution in [0.3, 0.4) is 0 Å². The summed E-state index contributed by atoms with van der Waals surface area (Å²) in [5, 5.41) is 4.29. The molecule has 0 spiro atoms. The second-order valence-electron chi connectivity index (χ2n) is 7.99. The van der Waals surface area contributed by atoms with Crippen LogP contribution in [0.5, 0.6) is 5.75 Å². The zero-order valence-corrected chi connectivity index (χ0v) is 18.3. The smallest absolute Gasteiger partial charge is 0.119 e. The number of benzene rings is 3. The maximum Gasteiger partial charge on any atom is 0.119 e. The summed E-state index contributed by atoms with van der Waals surface area (Å²) in [6, 6.07) is 22.9. The van der Waals surface area contributed by atoms with E-state index in [1.165, 1.54) is 36.0 Å². The first-order valence-electron chi connectivity index (χ1n) is 10.7. The van der Waals surface area contributed by atoms with Gasteiger partial charge in [-0.2, -0.15) is 0 Å². The third-order valence-corrected chi connectivity index (χ3v) is 5.86. The maximum atomic E-state index is 6.56. The Labute approximate surface area is 184 Å². The van der Waals surface area contributed by atoms with Crippen molar-refractivity contribution in [1.29, 1.82) is 0 Å². The number of rotatable bonds is 7. The SMILES string of the molecule is Cc1cccc(COc2ccc(CNc3ccc(N4CCCCC4)c(Cl)c3)cc2)c1. The fourth-order valence-electron chi connectivity index (χ4n) is 3.88. The van der Waals surface area contributed by atoms with E-state index >= 15 is 0 Å². The molecular weight excluding hydrogens is 392 g/mol. The van der Waals surface area contributed by atoms with Gasteiger partial charge < -0.3 is 15.0 Å². The quantitative estimate of drug-likeness (QED) is 0.453. The van der Waals surface area contributed by atoms with Gasteiger partial charge >= 0.3 is 0 Å². The molecule has 1 saturated heterocycles. The minimum Gasteiger partial charge on any atom is -0.489 e. The zero-order valence-electron chi connectivity index (χ0n) is 17.5. The third kappa shape index (κ3) is 5.48. The summed E-state index contributed by atoms with van der Waals surface area (Å²) in [5.41, 5.74) is 5.83. The highest BCUT2D eigenvalue weighted by Gasteiger charge is 2.14. The molecule has 0 aromatic heterocycles. The molecule has 0 saturated carbocycles. The van der Waals surface area contributed by atoms with E-state index < -0.39 is 0 Å². The van der Waals surface area contributed by atoms with Crippen LogP contribution in [-0.2, 0) is 13.2 Å². The molecule has 0 unspecified atom stereocenters. The lowest BCUT2D eigenvalue weighted by Gasteiger charge is -2.29. The molecule has 156 valence electrons. The van der Waals surface area contributed by atoms with Gasteiger partial charge in [0.2, 0.25) is 0 Å². The van der Waals surface area contributed by atoms with Gasteiger partial charge in [-0.1, -0.05) is 53.6 Å². The van der Waals surface area contributed by atoms with Gasteiger partial charge in [0, 0.05) is 25.3 Å². The molecule has 30 heavy (non-hydrogen) atoms. The molecule has 4 heteroatoms. The molecule has 0 aliphatic carbocycles. The summed E-state index contributed by atoms with van der Waals surface area (Å²) in [5.74, 6) is 0.884. The fourth-order valence-corrected chi connectivity index (χ4v) is 4.18. The van der Waals surface area contributed by atoms with Gasteiger partial charge in [-0.25, -0.2) is 0 Å². The standard InChI is InChI=1S/C26H29ClN2O/c1-20-6-5-7-22(16-20)19-30-24-11-8-21(9-12-24)18-28-23-10-13-26(25(27)17-23)29-14-3-2-4-15-29/h5-13,16-17,28H,2-4,14-15,18-19H2,1H3. The fraction of sp³-hybridized carbons (Fsp3) is 0.308. The van der Waals surface area contributed by atoms with Crippen LogP contribution < -0.4 is 15.0 Å². The summed E-state index contributed by atoms with van der Waals surface area (Å²) in [7, 11) is 0. The van der Waals surface area contributed by atoms with Crippen LogP contribution in [0.1, 0.15) is 36.0 Å². The van der Waals surface area contributed by atoms with Crippen molar-refractivity contribution in [2.75, 3.05) is 23.3 Å². The van der Waals surface area contributed by atoms with Gasteiger partial charge in [0.25, 0.3) is 0 Å². The van der Waals surface area contributed by atoms with Gasteiger partial charge in [-0.3, -0.25) is 0 Å². The molecule has 1 aliphatic heterocycles. The van der Waals surface area contributed by atoms with Gasteiger partial charge in [-0.15, -0.1) is 0 Å². The van der Waals surface area contributed by atoms with Crippen molar-refractivity contribution in [3.63, 3.8) is 0 Å². The maximum absolute atomic E-state index is 6.56. The number of hydrogen-bond acceptors (Lipinski definition) is 3. The molecule has 4 rings (SSSR count). The Kier molecular flexibility index (Phi) is 6.81. The third-order valence-electron chi connectivity index (χ3n) is 5.55. The van der Waals surface area contributed by atoms with E-state index in [2.05, 4.69) is 65.7 Å². The van der Waals surface area contributed by atoms with Crippen molar-refractivity contribution in [3.05, 3.63) is 88.4 Å². The van der Waals surface area contributed by atoms with Crippen LogP contribution >= 0.6 is 11.6 Å². The number of hydrogen-bond donors (Lipinski definition) is 1. The van der Waals surface area contributed by atoms with Crippen LogP contribution in [0.25, 0.3) is 0 Å². The van der Waals surface area contributed by atoms with Crippen LogP contribution in [0.4, 0.5) is 11.4 Å². The predicted octanol–water partition coefficient (Wildman–Crippen LogP) is 6.83. The Morgan fingerprint density at radius 3 is 2.43 bits per heavy atom. The first-order valence-corrected chi connectivity index (χ1v) is 11.1. The Morgan fingerprint density at radius 1 is 0.900 bits per heavy atom. The molecule has 0 bridgehead atoms. The Balaban J connectivity index is 1.30. The average molecular weight is 421 g/mol. The largest absolute Gasteiger partial charge is 0.489 e. The second kappa shape index (κ2) is 9.90. The summed E-state index contributed by atoms with van der Waals surface area (Å²) in [4.78, 5) is 2.39. The molecule has 0 amide bonds. The number of anilines is 2. The molecule has 1 fully saturated rings. The van der Waals surface area contributed by atoms with Crippen LogP contribution in [0.15, 0.2) is 66.7 Å². The van der Waals surface area contributed by atoms with E-state index in [4.69, 9.17) is 16.3 Å². The van der Waals surface area contributed by atoms with Gasteiger partial charge in [0.15, 0.2) is 0 Å². The summed E-state index contributed by atoms with van der Waals surface area (Å²) in [6.45, 7) is 5.63. The summed E-state index contributed by atoms with van der Waals surface area (Å²) < 4.78 is 5.91. The number of ether oxygens (including phenoxy) is 1. The molecule has 0 atom stereocenters. The van der Waals surface area contributed by atoms with Crippen LogP contribution in [0, 0.1) is 6.92 Å². The van der Waals surface area contributed by atoms with Gasteiger partial charge in [0.1, 0.15) is 12.4 Å². The van der Waals surface area contributed by atoms with Gasteiger partial charge in [0.05, 0.1) is 10.7 Å². The molecule has 3 nitrogen and oxygen atoms in total. The number of piperidine rings is 1. The van der Waals surface area contributed by atoms with Crippen molar-refractivity contribution in [1.82, 2.24) is 0 Å². The van der Waals surface area contributed by atoms with Crippen molar-refractivity contribution < 1.29 is 4.74 Å². The Morgan fingerprint density at radius 2 is 1.70 bits per heavy atom. The number of aryl methyl sites for hydroxylation is 1. The second-order valence-corrected chi connectivity index (χ2v) is 8.40. The summed E-state index contributed by atoms with van der Waals surface area (Å²) in [6.07, 6.45) is 3.82. The lowest BCUT2D eigenvalue weighted by molar-refractivity contribution is 0.306. The highest BCUT2D eigenvalue weighted by atomic mass is 35.5. The first-order chi connectivity index (χ1) is 14.7. The monoisotopic (exact) mass is 420 g/mol. The topological polar surface area (TPSA) is 24.5 Å². The highest BCUT2D eigenvalue weighted by Crippen LogP contribution is 2.31. The van der Waals surface area contributed by atoms with Crippen LogP contribution in [0.2, 0.25) is 5.02 Å². The molecule has 1 heterocycles. The molecule has 3 aromatic carbocycles. The minimum absolute atomic E-state index is 0.584. The lowest BCUT2D eigenvalue weighted by Crippen LogP contribution is -2.29. The highest BCUT2D eigenvalue weighted by molar-refractivity contribution is 6.33. The molecule has 0 radical (unpaired) electrons. The molecule has 3 aromatic rings. The molecular formula is C26H29ClN2O. The van der Waals surface area contributed by atoms with Crippen molar-refractivity contribution in [2.45, 2.75) is 39.3 Å². The van der Waals surface area contributed by atoms with E-state index in [0.29, 0.717) is 6.61 Å². The van der Waals surface area contributed by atoms with E-state index in [-0.39, 0.29) is 0 Å². The van der Waals surface area contributed by atoms with E-state index in [9.17, 15) is 0 Å². The number of halogens is 1. The molecule has 1 N–H and O–H groups in total. The van der Waals surface area contributed by atoms with Crippen LogP contribution in [-0.4, -0.2) is 13.1 Å². The zero-order chi connectivity index (χ0) is 20.8. The van der Waals surface area contributed by atoms with E-state index in [1.807, 2.05) is 18.2 Å². The van der Waals surface area contributed by atoms with Gasteiger partial charge in [-0.05, 0) is 67.6 Å². The van der Waals surface area contributed by atoms with Crippen molar-refractivity contribution >= 4 is 23.0 Å². The first kappa shape index (κ1) is 20.6.